The lowest BCUT2D eigenvalue weighted by atomic mass is 9.79. The highest BCUT2D eigenvalue weighted by Gasteiger charge is 2.38. The van der Waals surface area contributed by atoms with Crippen LogP contribution in [-0.4, -0.2) is 29.6 Å². The molecule has 1 aromatic carbocycles. The summed E-state index contributed by atoms with van der Waals surface area (Å²) in [5.74, 6) is 0.619. The van der Waals surface area contributed by atoms with E-state index in [9.17, 15) is 4.79 Å². The van der Waals surface area contributed by atoms with Crippen molar-refractivity contribution in [3.8, 4) is 5.75 Å². The molecule has 0 aliphatic carbocycles. The number of hydrogen-bond acceptors (Lipinski definition) is 3. The van der Waals surface area contributed by atoms with Crippen LogP contribution < -0.4 is 15.4 Å². The Morgan fingerprint density at radius 1 is 1.32 bits per heavy atom. The van der Waals surface area contributed by atoms with Gasteiger partial charge in [-0.05, 0) is 58.7 Å². The van der Waals surface area contributed by atoms with Gasteiger partial charge in [-0.25, -0.2) is 0 Å². The van der Waals surface area contributed by atoms with Crippen LogP contribution in [0.4, 0.5) is 0 Å². The number of nitrogens with one attached hydrogen (secondary N) is 2. The molecule has 122 valence electrons. The molecule has 2 N–H and O–H groups in total. The maximum atomic E-state index is 12.1. The molecule has 0 unspecified atom stereocenters. The third-order valence-electron chi connectivity index (χ3n) is 3.72. The van der Waals surface area contributed by atoms with Gasteiger partial charge in [0.1, 0.15) is 5.75 Å². The third-order valence-corrected chi connectivity index (χ3v) is 4.21. The van der Waals surface area contributed by atoms with Gasteiger partial charge in [0.2, 0.25) is 0 Å². The van der Waals surface area contributed by atoms with Crippen molar-refractivity contribution in [2.45, 2.75) is 57.7 Å². The summed E-state index contributed by atoms with van der Waals surface area (Å²) in [6, 6.07) is 7.67. The maximum absolute atomic E-state index is 12.1. The Morgan fingerprint density at radius 3 is 2.55 bits per heavy atom. The molecule has 4 nitrogen and oxygen atoms in total. The van der Waals surface area contributed by atoms with Gasteiger partial charge < -0.3 is 15.4 Å². The van der Waals surface area contributed by atoms with Gasteiger partial charge in [-0.1, -0.05) is 22.0 Å². The second kappa shape index (κ2) is 6.59. The number of rotatable bonds is 4. The average molecular weight is 369 g/mol. The number of benzene rings is 1. The van der Waals surface area contributed by atoms with Crippen molar-refractivity contribution in [1.82, 2.24) is 10.6 Å². The van der Waals surface area contributed by atoms with Crippen LogP contribution in [0.3, 0.4) is 0 Å². The van der Waals surface area contributed by atoms with Crippen molar-refractivity contribution >= 4 is 21.8 Å². The minimum Gasteiger partial charge on any atom is -0.484 e. The number of amides is 1. The molecule has 0 saturated carbocycles. The smallest absolute Gasteiger partial charge is 0.258 e. The molecule has 1 aliphatic rings. The van der Waals surface area contributed by atoms with E-state index in [2.05, 4.69) is 54.3 Å². The monoisotopic (exact) mass is 368 g/mol. The Bertz CT molecular complexity index is 527. The van der Waals surface area contributed by atoms with Crippen molar-refractivity contribution in [2.24, 2.45) is 0 Å². The molecule has 1 heterocycles. The number of halogens is 1. The number of hydrogen-bond donors (Lipinski definition) is 2. The first-order chi connectivity index (χ1) is 10.2. The third kappa shape index (κ3) is 5.29. The largest absolute Gasteiger partial charge is 0.484 e. The van der Waals surface area contributed by atoms with Gasteiger partial charge in [-0.3, -0.25) is 4.79 Å². The van der Waals surface area contributed by atoms with E-state index in [0.29, 0.717) is 5.75 Å². The summed E-state index contributed by atoms with van der Waals surface area (Å²) in [5, 5.41) is 6.71. The van der Waals surface area contributed by atoms with Gasteiger partial charge in [-0.2, -0.15) is 0 Å². The van der Waals surface area contributed by atoms with Gasteiger partial charge >= 0.3 is 0 Å². The van der Waals surface area contributed by atoms with Crippen molar-refractivity contribution in [1.29, 1.82) is 0 Å². The van der Waals surface area contributed by atoms with Crippen LogP contribution in [0.25, 0.3) is 0 Å². The Hall–Kier alpha value is -1.07. The quantitative estimate of drug-likeness (QED) is 0.857. The van der Waals surface area contributed by atoms with E-state index in [1.54, 1.807) is 0 Å². The maximum Gasteiger partial charge on any atom is 0.258 e. The van der Waals surface area contributed by atoms with Gasteiger partial charge in [0.05, 0.1) is 0 Å². The molecule has 0 radical (unpaired) electrons. The molecule has 1 aromatic rings. The Kier molecular flexibility index (Phi) is 5.17. The van der Waals surface area contributed by atoms with Crippen molar-refractivity contribution in [2.75, 3.05) is 6.61 Å². The summed E-state index contributed by atoms with van der Waals surface area (Å²) in [6.07, 6.45) is 1.83. The minimum absolute atomic E-state index is 0.0187. The van der Waals surface area contributed by atoms with Crippen LogP contribution in [0.1, 0.15) is 40.5 Å². The fourth-order valence-electron chi connectivity index (χ4n) is 3.40. The first-order valence-electron chi connectivity index (χ1n) is 7.62. The zero-order chi connectivity index (χ0) is 16.4. The Morgan fingerprint density at radius 2 is 1.95 bits per heavy atom. The fraction of sp³-hybridized carbons (Fsp3) is 0.588. The number of ether oxygens (including phenoxy) is 1. The van der Waals surface area contributed by atoms with E-state index in [1.807, 2.05) is 24.3 Å². The van der Waals surface area contributed by atoms with Crippen molar-refractivity contribution in [3.05, 3.63) is 28.7 Å². The van der Waals surface area contributed by atoms with Crippen LogP contribution in [0, 0.1) is 0 Å². The predicted octanol–water partition coefficient (Wildman–Crippen LogP) is 3.25. The zero-order valence-electron chi connectivity index (χ0n) is 13.7. The van der Waals surface area contributed by atoms with E-state index >= 15 is 0 Å². The summed E-state index contributed by atoms with van der Waals surface area (Å²) in [6.45, 7) is 8.73. The highest BCUT2D eigenvalue weighted by molar-refractivity contribution is 9.10. The summed E-state index contributed by atoms with van der Waals surface area (Å²) in [7, 11) is 0. The van der Waals surface area contributed by atoms with Crippen molar-refractivity contribution in [3.63, 3.8) is 0 Å². The Labute approximate surface area is 141 Å². The van der Waals surface area contributed by atoms with Gasteiger partial charge in [0.25, 0.3) is 5.91 Å². The SMILES string of the molecule is CC1(C)CC(NC(=O)COc2cccc(Br)c2)CC(C)(C)N1. The molecule has 22 heavy (non-hydrogen) atoms. The number of carbonyl (C=O) groups is 1. The van der Waals surface area contributed by atoms with Crippen LogP contribution in [0.2, 0.25) is 0 Å². The van der Waals surface area contributed by atoms with E-state index in [4.69, 9.17) is 4.74 Å². The predicted molar refractivity (Wildman–Crippen MR) is 92.1 cm³/mol. The first-order valence-corrected chi connectivity index (χ1v) is 8.42. The number of carbonyl (C=O) groups excluding carboxylic acids is 1. The molecule has 0 bridgehead atoms. The lowest BCUT2D eigenvalue weighted by Gasteiger charge is -2.46. The molecule has 0 spiro atoms. The van der Waals surface area contributed by atoms with E-state index in [0.717, 1.165) is 17.3 Å². The fourth-order valence-corrected chi connectivity index (χ4v) is 3.78. The summed E-state index contributed by atoms with van der Waals surface area (Å²) >= 11 is 3.39. The normalized spacial score (nSPS) is 20.4. The molecule has 5 heteroatoms. The Balaban J connectivity index is 1.86. The van der Waals surface area contributed by atoms with Crippen molar-refractivity contribution < 1.29 is 9.53 Å². The summed E-state index contributed by atoms with van der Waals surface area (Å²) in [5.41, 5.74) is 0.0374. The van der Waals surface area contributed by atoms with Crippen LogP contribution in [0.15, 0.2) is 28.7 Å². The lowest BCUT2D eigenvalue weighted by Crippen LogP contribution is -2.62. The summed E-state index contributed by atoms with van der Waals surface area (Å²) < 4.78 is 6.47. The van der Waals surface area contributed by atoms with Gasteiger partial charge in [-0.15, -0.1) is 0 Å². The second-order valence-corrected chi connectivity index (χ2v) is 8.23. The van der Waals surface area contributed by atoms with Gasteiger partial charge in [0.15, 0.2) is 6.61 Å². The van der Waals surface area contributed by atoms with Crippen LogP contribution in [-0.2, 0) is 4.79 Å². The zero-order valence-corrected chi connectivity index (χ0v) is 15.3. The molecular weight excluding hydrogens is 344 g/mol. The first kappa shape index (κ1) is 17.3. The molecule has 1 saturated heterocycles. The van der Waals surface area contributed by atoms with Crippen LogP contribution >= 0.6 is 15.9 Å². The minimum atomic E-state index is -0.0709. The van der Waals surface area contributed by atoms with E-state index in [-0.39, 0.29) is 29.6 Å². The second-order valence-electron chi connectivity index (χ2n) is 7.31. The van der Waals surface area contributed by atoms with E-state index < -0.39 is 0 Å². The molecule has 1 fully saturated rings. The van der Waals surface area contributed by atoms with Gasteiger partial charge in [0, 0.05) is 21.6 Å². The molecular formula is C17H25BrN2O2. The number of piperidine rings is 1. The molecule has 0 atom stereocenters. The van der Waals surface area contributed by atoms with Crippen LogP contribution in [0.5, 0.6) is 5.75 Å². The standard InChI is InChI=1S/C17H25BrN2O2/c1-16(2)9-13(10-17(3,4)20-16)19-15(21)11-22-14-7-5-6-12(18)8-14/h5-8,13,20H,9-11H2,1-4H3,(H,19,21). The highest BCUT2D eigenvalue weighted by atomic mass is 79.9. The topological polar surface area (TPSA) is 50.4 Å². The molecule has 1 aliphatic heterocycles. The molecule has 2 rings (SSSR count). The molecule has 0 aromatic heterocycles. The average Bonchev–Trinajstić information content (AvgIpc) is 2.32. The van der Waals surface area contributed by atoms with E-state index in [1.165, 1.54) is 0 Å². The molecule has 1 amide bonds. The summed E-state index contributed by atoms with van der Waals surface area (Å²) in [4.78, 5) is 12.1. The highest BCUT2D eigenvalue weighted by Crippen LogP contribution is 2.28. The lowest BCUT2D eigenvalue weighted by molar-refractivity contribution is -0.124.